The summed E-state index contributed by atoms with van der Waals surface area (Å²) < 4.78 is 5.66. The number of benzene rings is 1. The maximum Gasteiger partial charge on any atom is 0.277 e. The number of hydrogen-bond acceptors (Lipinski definition) is 4. The lowest BCUT2D eigenvalue weighted by Crippen LogP contribution is -2.04. The van der Waals surface area contributed by atoms with E-state index in [2.05, 4.69) is 20.9 Å². The van der Waals surface area contributed by atoms with E-state index in [0.29, 0.717) is 21.7 Å². The molecule has 2 rings (SSSR count). The van der Waals surface area contributed by atoms with Crippen LogP contribution in [0.15, 0.2) is 30.3 Å². The fourth-order valence-electron chi connectivity index (χ4n) is 1.84. The molecule has 0 unspecified atom stereocenters. The van der Waals surface area contributed by atoms with Crippen LogP contribution in [0.4, 0.5) is 5.69 Å². The SMILES string of the molecule is Cc1ccc(OCc2c(Cl)cccc2[N+](=O)[O-])c(CBr)n1. The summed E-state index contributed by atoms with van der Waals surface area (Å²) in [5, 5.41) is 11.9. The minimum atomic E-state index is -0.469. The van der Waals surface area contributed by atoms with Gasteiger partial charge in [0.15, 0.2) is 0 Å². The lowest BCUT2D eigenvalue weighted by molar-refractivity contribution is -0.385. The second-order valence-electron chi connectivity index (χ2n) is 4.31. The molecule has 0 atom stereocenters. The molecule has 1 aromatic carbocycles. The highest BCUT2D eigenvalue weighted by atomic mass is 79.9. The molecule has 0 aliphatic carbocycles. The van der Waals surface area contributed by atoms with E-state index in [9.17, 15) is 10.1 Å². The highest BCUT2D eigenvalue weighted by Gasteiger charge is 2.17. The minimum Gasteiger partial charge on any atom is -0.487 e. The quantitative estimate of drug-likeness (QED) is 0.443. The van der Waals surface area contributed by atoms with Crippen LogP contribution in [-0.2, 0) is 11.9 Å². The van der Waals surface area contributed by atoms with E-state index < -0.39 is 4.92 Å². The number of alkyl halides is 1. The number of ether oxygens (including phenoxy) is 1. The molecule has 7 heteroatoms. The summed E-state index contributed by atoms with van der Waals surface area (Å²) in [5.41, 5.74) is 1.92. The van der Waals surface area contributed by atoms with Gasteiger partial charge in [-0.3, -0.25) is 15.1 Å². The summed E-state index contributed by atoms with van der Waals surface area (Å²) in [6.07, 6.45) is 0. The van der Waals surface area contributed by atoms with Crippen molar-refractivity contribution in [3.63, 3.8) is 0 Å². The van der Waals surface area contributed by atoms with Crippen molar-refractivity contribution < 1.29 is 9.66 Å². The van der Waals surface area contributed by atoms with E-state index in [1.807, 2.05) is 13.0 Å². The normalized spacial score (nSPS) is 10.4. The molecule has 1 heterocycles. The van der Waals surface area contributed by atoms with Crippen molar-refractivity contribution in [1.29, 1.82) is 0 Å². The lowest BCUT2D eigenvalue weighted by Gasteiger charge is -2.11. The maximum atomic E-state index is 11.0. The number of halogens is 2. The van der Waals surface area contributed by atoms with Crippen LogP contribution < -0.4 is 4.74 Å². The molecular formula is C14H12BrClN2O3. The summed E-state index contributed by atoms with van der Waals surface area (Å²) in [7, 11) is 0. The molecular weight excluding hydrogens is 360 g/mol. The zero-order valence-corrected chi connectivity index (χ0v) is 13.5. The van der Waals surface area contributed by atoms with Gasteiger partial charge >= 0.3 is 0 Å². The van der Waals surface area contributed by atoms with Gasteiger partial charge < -0.3 is 4.74 Å². The molecule has 1 aromatic heterocycles. The summed E-state index contributed by atoms with van der Waals surface area (Å²) >= 11 is 9.37. The topological polar surface area (TPSA) is 65.3 Å². The summed E-state index contributed by atoms with van der Waals surface area (Å²) in [4.78, 5) is 14.9. The second-order valence-corrected chi connectivity index (χ2v) is 5.28. The molecule has 0 fully saturated rings. The minimum absolute atomic E-state index is 0.0146. The van der Waals surface area contributed by atoms with Gasteiger partial charge in [-0.1, -0.05) is 33.6 Å². The van der Waals surface area contributed by atoms with E-state index in [4.69, 9.17) is 16.3 Å². The van der Waals surface area contributed by atoms with Crippen LogP contribution in [0.1, 0.15) is 17.0 Å². The zero-order chi connectivity index (χ0) is 15.4. The van der Waals surface area contributed by atoms with Gasteiger partial charge in [0.05, 0.1) is 21.2 Å². The smallest absolute Gasteiger partial charge is 0.277 e. The number of aromatic nitrogens is 1. The number of nitrogens with zero attached hydrogens (tertiary/aromatic N) is 2. The molecule has 0 aliphatic heterocycles. The number of hydrogen-bond donors (Lipinski definition) is 0. The average molecular weight is 372 g/mol. The molecule has 0 spiro atoms. The van der Waals surface area contributed by atoms with E-state index >= 15 is 0 Å². The zero-order valence-electron chi connectivity index (χ0n) is 11.2. The molecule has 0 N–H and O–H groups in total. The van der Waals surface area contributed by atoms with Crippen molar-refractivity contribution in [1.82, 2.24) is 4.98 Å². The van der Waals surface area contributed by atoms with Crippen LogP contribution in [-0.4, -0.2) is 9.91 Å². The fraction of sp³-hybridized carbons (Fsp3) is 0.214. The predicted octanol–water partition coefficient (Wildman–Crippen LogP) is 4.43. The Morgan fingerprint density at radius 3 is 2.81 bits per heavy atom. The monoisotopic (exact) mass is 370 g/mol. The van der Waals surface area contributed by atoms with Crippen molar-refractivity contribution in [2.24, 2.45) is 0 Å². The number of aryl methyl sites for hydroxylation is 1. The Bertz CT molecular complexity index is 679. The van der Waals surface area contributed by atoms with Gasteiger partial charge in [0, 0.05) is 17.1 Å². The second kappa shape index (κ2) is 6.87. The molecule has 0 saturated heterocycles. The van der Waals surface area contributed by atoms with Gasteiger partial charge in [-0.05, 0) is 25.1 Å². The van der Waals surface area contributed by atoms with Crippen molar-refractivity contribution >= 4 is 33.2 Å². The third kappa shape index (κ3) is 3.71. The van der Waals surface area contributed by atoms with Crippen LogP contribution in [0.25, 0.3) is 0 Å². The van der Waals surface area contributed by atoms with Crippen LogP contribution >= 0.6 is 27.5 Å². The van der Waals surface area contributed by atoms with E-state index in [1.54, 1.807) is 18.2 Å². The Hall–Kier alpha value is -1.66. The van der Waals surface area contributed by atoms with Gasteiger partial charge in [0.25, 0.3) is 5.69 Å². The average Bonchev–Trinajstić information content (AvgIpc) is 2.46. The highest BCUT2D eigenvalue weighted by molar-refractivity contribution is 9.08. The van der Waals surface area contributed by atoms with Crippen LogP contribution in [0.3, 0.4) is 0 Å². The Labute approximate surface area is 135 Å². The predicted molar refractivity (Wildman–Crippen MR) is 84.0 cm³/mol. The Morgan fingerprint density at radius 1 is 1.38 bits per heavy atom. The first kappa shape index (κ1) is 15.7. The van der Waals surface area contributed by atoms with Gasteiger partial charge in [0.2, 0.25) is 0 Å². The first-order valence-corrected chi connectivity index (χ1v) is 7.60. The van der Waals surface area contributed by atoms with E-state index in [0.717, 1.165) is 11.4 Å². The highest BCUT2D eigenvalue weighted by Crippen LogP contribution is 2.28. The Morgan fingerprint density at radius 2 is 2.14 bits per heavy atom. The molecule has 0 radical (unpaired) electrons. The van der Waals surface area contributed by atoms with Crippen molar-refractivity contribution in [2.45, 2.75) is 18.9 Å². The molecule has 0 bridgehead atoms. The molecule has 2 aromatic rings. The number of nitro benzene ring substituents is 1. The molecule has 5 nitrogen and oxygen atoms in total. The first-order valence-electron chi connectivity index (χ1n) is 6.10. The third-order valence-corrected chi connectivity index (χ3v) is 3.75. The first-order chi connectivity index (χ1) is 10.0. The van der Waals surface area contributed by atoms with Crippen LogP contribution in [0.5, 0.6) is 5.75 Å². The van der Waals surface area contributed by atoms with Crippen LogP contribution in [0, 0.1) is 17.0 Å². The number of pyridine rings is 1. The van der Waals surface area contributed by atoms with Crippen molar-refractivity contribution in [3.8, 4) is 5.75 Å². The molecule has 21 heavy (non-hydrogen) atoms. The molecule has 0 saturated carbocycles. The lowest BCUT2D eigenvalue weighted by atomic mass is 10.2. The molecule has 0 aliphatic rings. The summed E-state index contributed by atoms with van der Waals surface area (Å²) in [5.74, 6) is 0.576. The summed E-state index contributed by atoms with van der Waals surface area (Å²) in [6.45, 7) is 1.90. The summed E-state index contributed by atoms with van der Waals surface area (Å²) in [6, 6.07) is 8.17. The number of rotatable bonds is 5. The maximum absolute atomic E-state index is 11.0. The van der Waals surface area contributed by atoms with Gasteiger partial charge in [-0.15, -0.1) is 0 Å². The Balaban J connectivity index is 2.27. The third-order valence-electron chi connectivity index (χ3n) is 2.86. The largest absolute Gasteiger partial charge is 0.487 e. The van der Waals surface area contributed by atoms with E-state index in [-0.39, 0.29) is 12.3 Å². The number of nitro groups is 1. The van der Waals surface area contributed by atoms with Crippen molar-refractivity contribution in [2.75, 3.05) is 0 Å². The van der Waals surface area contributed by atoms with Crippen molar-refractivity contribution in [3.05, 3.63) is 62.4 Å². The Kier molecular flexibility index (Phi) is 5.14. The van der Waals surface area contributed by atoms with Crippen LogP contribution in [0.2, 0.25) is 5.02 Å². The van der Waals surface area contributed by atoms with E-state index in [1.165, 1.54) is 6.07 Å². The molecule has 0 amide bonds. The van der Waals surface area contributed by atoms with Gasteiger partial charge in [-0.25, -0.2) is 0 Å². The van der Waals surface area contributed by atoms with Gasteiger partial charge in [0.1, 0.15) is 12.4 Å². The molecule has 110 valence electrons. The standard InChI is InChI=1S/C14H12BrClN2O3/c1-9-5-6-14(12(7-15)17-9)21-8-10-11(16)3-2-4-13(10)18(19)20/h2-6H,7-8H2,1H3. The fourth-order valence-corrected chi connectivity index (χ4v) is 2.46. The van der Waals surface area contributed by atoms with Gasteiger partial charge in [-0.2, -0.15) is 0 Å².